The Morgan fingerprint density at radius 2 is 2.25 bits per heavy atom. The number of benzene rings is 1. The predicted octanol–water partition coefficient (Wildman–Crippen LogP) is 4.70. The zero-order valence-electron chi connectivity index (χ0n) is 8.73. The standard InChI is InChI=1S/C12H10ClFIN/c1-2-3-8(7-16)12(13)10-5-4-9(14)6-11(10)15/h4-6H,2-3H2,1H3/b12-8-. The van der Waals surface area contributed by atoms with Gasteiger partial charge in [-0.15, -0.1) is 0 Å². The van der Waals surface area contributed by atoms with Crippen LogP contribution >= 0.6 is 34.2 Å². The van der Waals surface area contributed by atoms with Crippen molar-refractivity contribution in [2.75, 3.05) is 0 Å². The van der Waals surface area contributed by atoms with Gasteiger partial charge in [0.2, 0.25) is 0 Å². The Labute approximate surface area is 113 Å². The summed E-state index contributed by atoms with van der Waals surface area (Å²) in [6, 6.07) is 6.45. The number of hydrogen-bond acceptors (Lipinski definition) is 1. The molecule has 0 spiro atoms. The van der Waals surface area contributed by atoms with Gasteiger partial charge < -0.3 is 0 Å². The normalized spacial score (nSPS) is 11.9. The van der Waals surface area contributed by atoms with E-state index in [0.29, 0.717) is 26.2 Å². The summed E-state index contributed by atoms with van der Waals surface area (Å²) < 4.78 is 13.6. The summed E-state index contributed by atoms with van der Waals surface area (Å²) in [5.41, 5.74) is 1.27. The molecule has 1 aromatic carbocycles. The number of nitriles is 1. The first kappa shape index (κ1) is 13.5. The quantitative estimate of drug-likeness (QED) is 0.573. The van der Waals surface area contributed by atoms with Crippen molar-refractivity contribution in [3.8, 4) is 6.07 Å². The summed E-state index contributed by atoms with van der Waals surface area (Å²) in [6.07, 6.45) is 1.50. The molecule has 0 saturated heterocycles. The SMILES string of the molecule is CCC/C(C#N)=C(/Cl)c1ccc(F)cc1I. The second-order valence-electron chi connectivity index (χ2n) is 3.28. The lowest BCUT2D eigenvalue weighted by Crippen LogP contribution is -1.90. The summed E-state index contributed by atoms with van der Waals surface area (Å²) >= 11 is 8.15. The van der Waals surface area contributed by atoms with Gasteiger partial charge in [0, 0.05) is 14.7 Å². The number of halogens is 3. The fraction of sp³-hybridized carbons (Fsp3) is 0.250. The summed E-state index contributed by atoms with van der Waals surface area (Å²) in [5.74, 6) is -0.299. The van der Waals surface area contributed by atoms with Gasteiger partial charge in [-0.1, -0.05) is 24.9 Å². The Balaban J connectivity index is 3.22. The van der Waals surface area contributed by atoms with Crippen molar-refractivity contribution in [3.05, 3.63) is 38.7 Å². The van der Waals surface area contributed by atoms with Crippen LogP contribution in [0.25, 0.3) is 5.03 Å². The largest absolute Gasteiger partial charge is 0.207 e. The van der Waals surface area contributed by atoms with Gasteiger partial charge in [0.15, 0.2) is 0 Å². The van der Waals surface area contributed by atoms with Gasteiger partial charge in [-0.25, -0.2) is 4.39 Å². The Kier molecular flexibility index (Phi) is 5.23. The van der Waals surface area contributed by atoms with E-state index < -0.39 is 0 Å². The van der Waals surface area contributed by atoms with Crippen molar-refractivity contribution in [1.29, 1.82) is 5.26 Å². The first-order chi connectivity index (χ1) is 7.60. The molecule has 0 aliphatic rings. The summed E-state index contributed by atoms with van der Waals surface area (Å²) in [4.78, 5) is 0. The minimum Gasteiger partial charge on any atom is -0.207 e. The van der Waals surface area contributed by atoms with Crippen molar-refractivity contribution in [3.63, 3.8) is 0 Å². The Morgan fingerprint density at radius 3 is 2.75 bits per heavy atom. The van der Waals surface area contributed by atoms with Crippen LogP contribution in [-0.4, -0.2) is 0 Å². The molecule has 0 amide bonds. The van der Waals surface area contributed by atoms with Crippen LogP contribution in [0.4, 0.5) is 4.39 Å². The van der Waals surface area contributed by atoms with E-state index in [1.165, 1.54) is 12.1 Å². The molecule has 16 heavy (non-hydrogen) atoms. The maximum atomic E-state index is 12.9. The molecular weight excluding hydrogens is 339 g/mol. The van der Waals surface area contributed by atoms with Gasteiger partial charge >= 0.3 is 0 Å². The van der Waals surface area contributed by atoms with Crippen LogP contribution in [0.3, 0.4) is 0 Å². The number of allylic oxidation sites excluding steroid dienone is 1. The average Bonchev–Trinajstić information content (AvgIpc) is 2.25. The van der Waals surface area contributed by atoms with Gasteiger partial charge in [0.25, 0.3) is 0 Å². The van der Waals surface area contributed by atoms with Gasteiger partial charge in [-0.05, 0) is 47.2 Å². The van der Waals surface area contributed by atoms with Crippen LogP contribution in [0.5, 0.6) is 0 Å². The van der Waals surface area contributed by atoms with E-state index in [4.69, 9.17) is 16.9 Å². The molecule has 1 nitrogen and oxygen atoms in total. The maximum Gasteiger partial charge on any atom is 0.124 e. The van der Waals surface area contributed by atoms with Gasteiger partial charge in [-0.3, -0.25) is 0 Å². The predicted molar refractivity (Wildman–Crippen MR) is 72.4 cm³/mol. The fourth-order valence-electron chi connectivity index (χ4n) is 1.29. The minimum atomic E-state index is -0.299. The molecular formula is C12H10ClFIN. The lowest BCUT2D eigenvalue weighted by molar-refractivity contribution is 0.626. The van der Waals surface area contributed by atoms with Crippen LogP contribution in [0.15, 0.2) is 23.8 Å². The molecule has 0 aliphatic carbocycles. The van der Waals surface area contributed by atoms with Gasteiger partial charge in [-0.2, -0.15) is 5.26 Å². The first-order valence-corrected chi connectivity index (χ1v) is 6.30. The van der Waals surface area contributed by atoms with E-state index in [-0.39, 0.29) is 5.82 Å². The van der Waals surface area contributed by atoms with E-state index in [1.807, 2.05) is 29.5 Å². The highest BCUT2D eigenvalue weighted by Gasteiger charge is 2.10. The Bertz CT molecular complexity index is 463. The van der Waals surface area contributed by atoms with Crippen molar-refractivity contribution >= 4 is 39.2 Å². The van der Waals surface area contributed by atoms with Crippen LogP contribution < -0.4 is 0 Å². The third-order valence-electron chi connectivity index (χ3n) is 2.07. The fourth-order valence-corrected chi connectivity index (χ4v) is 2.50. The third kappa shape index (κ3) is 3.19. The van der Waals surface area contributed by atoms with Crippen molar-refractivity contribution in [2.24, 2.45) is 0 Å². The monoisotopic (exact) mass is 349 g/mol. The van der Waals surface area contributed by atoms with E-state index in [9.17, 15) is 4.39 Å². The van der Waals surface area contributed by atoms with E-state index in [2.05, 4.69) is 6.07 Å². The highest BCUT2D eigenvalue weighted by atomic mass is 127. The molecule has 0 atom stereocenters. The number of nitrogens with zero attached hydrogens (tertiary/aromatic N) is 1. The van der Waals surface area contributed by atoms with E-state index in [1.54, 1.807) is 6.07 Å². The van der Waals surface area contributed by atoms with Crippen LogP contribution in [-0.2, 0) is 0 Å². The lowest BCUT2D eigenvalue weighted by atomic mass is 10.1. The molecule has 0 radical (unpaired) electrons. The van der Waals surface area contributed by atoms with Crippen LogP contribution in [0, 0.1) is 20.7 Å². The van der Waals surface area contributed by atoms with E-state index >= 15 is 0 Å². The van der Waals surface area contributed by atoms with Gasteiger partial charge in [0.05, 0.1) is 11.1 Å². The molecule has 0 saturated carbocycles. The Hall–Kier alpha value is -0.600. The summed E-state index contributed by atoms with van der Waals surface area (Å²) in [7, 11) is 0. The molecule has 0 bridgehead atoms. The Morgan fingerprint density at radius 1 is 1.56 bits per heavy atom. The molecule has 0 unspecified atom stereocenters. The van der Waals surface area contributed by atoms with Crippen molar-refractivity contribution in [1.82, 2.24) is 0 Å². The van der Waals surface area contributed by atoms with E-state index in [0.717, 1.165) is 6.42 Å². The summed E-state index contributed by atoms with van der Waals surface area (Å²) in [5, 5.41) is 9.39. The van der Waals surface area contributed by atoms with Crippen LogP contribution in [0.1, 0.15) is 25.3 Å². The number of rotatable bonds is 3. The van der Waals surface area contributed by atoms with Crippen molar-refractivity contribution in [2.45, 2.75) is 19.8 Å². The zero-order valence-corrected chi connectivity index (χ0v) is 11.6. The smallest absolute Gasteiger partial charge is 0.124 e. The van der Waals surface area contributed by atoms with Crippen molar-refractivity contribution < 1.29 is 4.39 Å². The topological polar surface area (TPSA) is 23.8 Å². The highest BCUT2D eigenvalue weighted by molar-refractivity contribution is 14.1. The maximum absolute atomic E-state index is 12.9. The molecule has 0 fully saturated rings. The third-order valence-corrected chi connectivity index (χ3v) is 3.39. The molecule has 1 rings (SSSR count). The molecule has 0 aliphatic heterocycles. The first-order valence-electron chi connectivity index (χ1n) is 4.84. The highest BCUT2D eigenvalue weighted by Crippen LogP contribution is 2.29. The molecule has 1 aromatic rings. The molecule has 0 heterocycles. The number of hydrogen-bond donors (Lipinski definition) is 0. The molecule has 4 heteroatoms. The second-order valence-corrected chi connectivity index (χ2v) is 4.82. The lowest BCUT2D eigenvalue weighted by Gasteiger charge is -2.05. The minimum absolute atomic E-state index is 0.299. The zero-order chi connectivity index (χ0) is 12.1. The average molecular weight is 350 g/mol. The molecule has 84 valence electrons. The molecule has 0 N–H and O–H groups in total. The molecule has 0 aromatic heterocycles. The second kappa shape index (κ2) is 6.21. The van der Waals surface area contributed by atoms with Crippen LogP contribution in [0.2, 0.25) is 0 Å². The van der Waals surface area contributed by atoms with Gasteiger partial charge in [0.1, 0.15) is 5.82 Å². The summed E-state index contributed by atoms with van der Waals surface area (Å²) in [6.45, 7) is 1.98.